The number of carbonyl (C=O) groups excluding carboxylic acids is 2. The van der Waals surface area contributed by atoms with Gasteiger partial charge in [0.1, 0.15) is 0 Å². The Morgan fingerprint density at radius 2 is 1.68 bits per heavy atom. The first-order chi connectivity index (χ1) is 8.83. The van der Waals surface area contributed by atoms with E-state index in [-0.39, 0.29) is 18.8 Å². The predicted molar refractivity (Wildman–Crippen MR) is 66.6 cm³/mol. The zero-order valence-corrected chi connectivity index (χ0v) is 10.9. The van der Waals surface area contributed by atoms with Crippen LogP contribution in [0.4, 0.5) is 8.78 Å². The fourth-order valence-corrected chi connectivity index (χ4v) is 1.48. The molecule has 0 atom stereocenters. The van der Waals surface area contributed by atoms with Gasteiger partial charge in [-0.1, -0.05) is 12.1 Å². The molecule has 0 saturated heterocycles. The SMILES string of the molecule is CCOC(=O)c1ccc(C(=O)CCC(C)(F)F)cc1. The molecule has 0 heterocycles. The third-order valence-corrected chi connectivity index (χ3v) is 2.51. The molecule has 1 rings (SSSR count). The lowest BCUT2D eigenvalue weighted by Crippen LogP contribution is -2.12. The molecule has 0 N–H and O–H groups in total. The van der Waals surface area contributed by atoms with E-state index in [2.05, 4.69) is 0 Å². The molecule has 0 aliphatic rings. The quantitative estimate of drug-likeness (QED) is 0.587. The van der Waals surface area contributed by atoms with Crippen molar-refractivity contribution in [3.05, 3.63) is 35.4 Å². The Labute approximate surface area is 110 Å². The molecule has 0 aliphatic heterocycles. The summed E-state index contributed by atoms with van der Waals surface area (Å²) in [5, 5.41) is 0. The molecule has 0 fully saturated rings. The van der Waals surface area contributed by atoms with E-state index in [1.807, 2.05) is 0 Å². The second-order valence-corrected chi connectivity index (χ2v) is 4.29. The van der Waals surface area contributed by atoms with Crippen molar-refractivity contribution in [1.29, 1.82) is 0 Å². The van der Waals surface area contributed by atoms with Crippen LogP contribution in [0.15, 0.2) is 24.3 Å². The van der Waals surface area contributed by atoms with Crippen LogP contribution in [-0.4, -0.2) is 24.3 Å². The number of ketones is 1. The molecule has 0 aliphatic carbocycles. The van der Waals surface area contributed by atoms with Gasteiger partial charge in [-0.25, -0.2) is 13.6 Å². The molecule has 5 heteroatoms. The summed E-state index contributed by atoms with van der Waals surface area (Å²) in [6, 6.07) is 5.80. The standard InChI is InChI=1S/C14H16F2O3/c1-3-19-13(18)11-6-4-10(5-7-11)12(17)8-9-14(2,15)16/h4-7H,3,8-9H2,1-2H3. The molecule has 0 bridgehead atoms. The van der Waals surface area contributed by atoms with Gasteiger partial charge in [-0.05, 0) is 26.0 Å². The minimum absolute atomic E-state index is 0.220. The molecule has 0 radical (unpaired) electrons. The first kappa shape index (κ1) is 15.3. The summed E-state index contributed by atoms with van der Waals surface area (Å²) in [7, 11) is 0. The van der Waals surface area contributed by atoms with Gasteiger partial charge in [-0.15, -0.1) is 0 Å². The summed E-state index contributed by atoms with van der Waals surface area (Å²) < 4.78 is 30.1. The van der Waals surface area contributed by atoms with Crippen molar-refractivity contribution in [2.45, 2.75) is 32.6 Å². The minimum Gasteiger partial charge on any atom is -0.462 e. The Kier molecular flexibility index (Phi) is 5.15. The van der Waals surface area contributed by atoms with E-state index >= 15 is 0 Å². The lowest BCUT2D eigenvalue weighted by molar-refractivity contribution is 0.0113. The number of alkyl halides is 2. The third kappa shape index (κ3) is 5.16. The third-order valence-electron chi connectivity index (χ3n) is 2.51. The van der Waals surface area contributed by atoms with Crippen LogP contribution in [0.2, 0.25) is 0 Å². The zero-order chi connectivity index (χ0) is 14.5. The number of hydrogen-bond acceptors (Lipinski definition) is 3. The van der Waals surface area contributed by atoms with Crippen LogP contribution in [0.1, 0.15) is 47.4 Å². The first-order valence-electron chi connectivity index (χ1n) is 6.01. The predicted octanol–water partition coefficient (Wildman–Crippen LogP) is 3.48. The normalized spacial score (nSPS) is 11.2. The fourth-order valence-electron chi connectivity index (χ4n) is 1.48. The fraction of sp³-hybridized carbons (Fsp3) is 0.429. The minimum atomic E-state index is -2.85. The number of halogens is 2. The highest BCUT2D eigenvalue weighted by Gasteiger charge is 2.22. The maximum Gasteiger partial charge on any atom is 0.338 e. The van der Waals surface area contributed by atoms with Crippen LogP contribution in [0, 0.1) is 0 Å². The van der Waals surface area contributed by atoms with E-state index in [1.54, 1.807) is 6.92 Å². The molecule has 1 aromatic carbocycles. The monoisotopic (exact) mass is 270 g/mol. The van der Waals surface area contributed by atoms with Crippen molar-refractivity contribution < 1.29 is 23.1 Å². The summed E-state index contributed by atoms with van der Waals surface area (Å²) in [6.45, 7) is 2.75. The maximum absolute atomic E-state index is 12.6. The van der Waals surface area contributed by atoms with Crippen molar-refractivity contribution in [2.75, 3.05) is 6.61 Å². The molecule has 0 unspecified atom stereocenters. The van der Waals surface area contributed by atoms with Gasteiger partial charge in [0.15, 0.2) is 5.78 Å². The van der Waals surface area contributed by atoms with E-state index in [4.69, 9.17) is 4.74 Å². The highest BCUT2D eigenvalue weighted by Crippen LogP contribution is 2.20. The van der Waals surface area contributed by atoms with E-state index in [1.165, 1.54) is 24.3 Å². The van der Waals surface area contributed by atoms with Crippen LogP contribution >= 0.6 is 0 Å². The van der Waals surface area contributed by atoms with Gasteiger partial charge in [0.2, 0.25) is 5.92 Å². The van der Waals surface area contributed by atoms with E-state index in [9.17, 15) is 18.4 Å². The van der Waals surface area contributed by atoms with Crippen LogP contribution in [0.3, 0.4) is 0 Å². The Hall–Kier alpha value is -1.78. The lowest BCUT2D eigenvalue weighted by Gasteiger charge is -2.09. The number of ether oxygens (including phenoxy) is 1. The maximum atomic E-state index is 12.6. The highest BCUT2D eigenvalue weighted by molar-refractivity contribution is 5.97. The highest BCUT2D eigenvalue weighted by atomic mass is 19.3. The summed E-state index contributed by atoms with van der Waals surface area (Å²) >= 11 is 0. The molecule has 0 aromatic heterocycles. The molecule has 0 amide bonds. The van der Waals surface area contributed by atoms with Gasteiger partial charge < -0.3 is 4.74 Å². The van der Waals surface area contributed by atoms with Gasteiger partial charge in [0.25, 0.3) is 0 Å². The number of hydrogen-bond donors (Lipinski definition) is 0. The number of rotatable bonds is 6. The molecule has 0 spiro atoms. The van der Waals surface area contributed by atoms with Crippen molar-refractivity contribution in [2.24, 2.45) is 0 Å². The van der Waals surface area contributed by atoms with Gasteiger partial charge >= 0.3 is 5.97 Å². The lowest BCUT2D eigenvalue weighted by atomic mass is 10.0. The van der Waals surface area contributed by atoms with Gasteiger partial charge in [0.05, 0.1) is 12.2 Å². The van der Waals surface area contributed by atoms with Crippen LogP contribution in [0.5, 0.6) is 0 Å². The van der Waals surface area contributed by atoms with Crippen LogP contribution in [0.25, 0.3) is 0 Å². The molecule has 19 heavy (non-hydrogen) atoms. The molecular weight excluding hydrogens is 254 g/mol. The van der Waals surface area contributed by atoms with Crippen molar-refractivity contribution >= 4 is 11.8 Å². The molecule has 3 nitrogen and oxygen atoms in total. The second-order valence-electron chi connectivity index (χ2n) is 4.29. The number of benzene rings is 1. The Morgan fingerprint density at radius 1 is 1.16 bits per heavy atom. The van der Waals surface area contributed by atoms with Crippen molar-refractivity contribution in [3.63, 3.8) is 0 Å². The summed E-state index contributed by atoms with van der Waals surface area (Å²) in [5.41, 5.74) is 0.650. The van der Waals surface area contributed by atoms with Crippen LogP contribution in [-0.2, 0) is 4.74 Å². The smallest absolute Gasteiger partial charge is 0.338 e. The molecule has 104 valence electrons. The van der Waals surface area contributed by atoms with Crippen molar-refractivity contribution in [3.8, 4) is 0 Å². The largest absolute Gasteiger partial charge is 0.462 e. The average molecular weight is 270 g/mol. The van der Waals surface area contributed by atoms with Gasteiger partial charge in [0, 0.05) is 18.4 Å². The first-order valence-corrected chi connectivity index (χ1v) is 6.01. The van der Waals surface area contributed by atoms with Crippen LogP contribution < -0.4 is 0 Å². The molecule has 0 saturated carbocycles. The zero-order valence-electron chi connectivity index (χ0n) is 10.9. The number of carbonyl (C=O) groups is 2. The Balaban J connectivity index is 2.66. The second kappa shape index (κ2) is 6.41. The van der Waals surface area contributed by atoms with E-state index < -0.39 is 18.3 Å². The molecule has 1 aromatic rings. The Bertz CT molecular complexity index is 447. The van der Waals surface area contributed by atoms with E-state index in [0.29, 0.717) is 11.1 Å². The van der Waals surface area contributed by atoms with Crippen molar-refractivity contribution in [1.82, 2.24) is 0 Å². The average Bonchev–Trinajstić information content (AvgIpc) is 2.35. The summed E-state index contributed by atoms with van der Waals surface area (Å²) in [4.78, 5) is 23.0. The number of esters is 1. The van der Waals surface area contributed by atoms with Gasteiger partial charge in [-0.2, -0.15) is 0 Å². The molecular formula is C14H16F2O3. The van der Waals surface area contributed by atoms with Gasteiger partial charge in [-0.3, -0.25) is 4.79 Å². The topological polar surface area (TPSA) is 43.4 Å². The Morgan fingerprint density at radius 3 is 2.16 bits per heavy atom. The summed E-state index contributed by atoms with van der Waals surface area (Å²) in [5.74, 6) is -3.68. The van der Waals surface area contributed by atoms with E-state index in [0.717, 1.165) is 6.92 Å². The summed E-state index contributed by atoms with van der Waals surface area (Å²) in [6.07, 6.45) is -0.701. The number of Topliss-reactive ketones (excluding diaryl/α,β-unsaturated/α-hetero) is 1.